The number of hydrogen-bond acceptors (Lipinski definition) is 4. The van der Waals surface area contributed by atoms with E-state index in [1.807, 2.05) is 19.2 Å². The Hall–Kier alpha value is -1.82. The van der Waals surface area contributed by atoms with Crippen molar-refractivity contribution in [1.82, 2.24) is 14.8 Å². The van der Waals surface area contributed by atoms with Crippen LogP contribution in [0, 0.1) is 5.82 Å². The van der Waals surface area contributed by atoms with Gasteiger partial charge in [-0.3, -0.25) is 19.6 Å². The number of Topliss-reactive ketones (excluding diaryl/α,β-unsaturated/α-hetero) is 1. The van der Waals surface area contributed by atoms with Gasteiger partial charge in [0.2, 0.25) is 0 Å². The minimum absolute atomic E-state index is 0.0917. The molecule has 1 fully saturated rings. The van der Waals surface area contributed by atoms with Gasteiger partial charge in [-0.25, -0.2) is 4.39 Å². The van der Waals surface area contributed by atoms with Crippen LogP contribution in [0.3, 0.4) is 0 Å². The molecule has 1 unspecified atom stereocenters. The lowest BCUT2D eigenvalue weighted by atomic mass is 9.95. The monoisotopic (exact) mass is 387 g/mol. The van der Waals surface area contributed by atoms with Crippen LogP contribution in [0.1, 0.15) is 35.3 Å². The highest BCUT2D eigenvalue weighted by atomic mass is 35.5. The van der Waals surface area contributed by atoms with Gasteiger partial charge in [-0.15, -0.1) is 0 Å². The molecule has 2 heterocycles. The minimum atomic E-state index is -0.309. The number of fused-ring (bicyclic) bond motifs is 2. The van der Waals surface area contributed by atoms with Crippen LogP contribution in [0.25, 0.3) is 0 Å². The number of carbonyl (C=O) groups is 1. The fourth-order valence-electron chi connectivity index (χ4n) is 4.35. The molecular formula is C21H23ClFN3O. The number of benzene rings is 1. The second-order valence-corrected chi connectivity index (χ2v) is 7.98. The number of carbonyl (C=O) groups excluding carboxylic acids is 1. The maximum atomic E-state index is 13.9. The second-order valence-electron chi connectivity index (χ2n) is 7.55. The fourth-order valence-corrected chi connectivity index (χ4v) is 4.55. The highest BCUT2D eigenvalue weighted by Gasteiger charge is 2.36. The Labute approximate surface area is 163 Å². The van der Waals surface area contributed by atoms with E-state index >= 15 is 0 Å². The molecule has 0 N–H and O–H groups in total. The second kappa shape index (κ2) is 7.30. The Morgan fingerprint density at radius 2 is 2.00 bits per heavy atom. The lowest BCUT2D eigenvalue weighted by molar-refractivity contribution is -0.124. The molecule has 1 saturated heterocycles. The average Bonchev–Trinajstić information content (AvgIpc) is 2.78. The van der Waals surface area contributed by atoms with Crippen LogP contribution >= 0.6 is 11.6 Å². The van der Waals surface area contributed by atoms with Gasteiger partial charge >= 0.3 is 0 Å². The molecule has 1 aliphatic carbocycles. The van der Waals surface area contributed by atoms with Crippen LogP contribution in [0.5, 0.6) is 0 Å². The first-order valence-electron chi connectivity index (χ1n) is 9.31. The van der Waals surface area contributed by atoms with Crippen molar-refractivity contribution in [3.05, 3.63) is 63.7 Å². The van der Waals surface area contributed by atoms with Crippen molar-refractivity contribution in [2.24, 2.45) is 0 Å². The Balaban J connectivity index is 1.82. The first-order chi connectivity index (χ1) is 12.9. The fraction of sp³-hybridized carbons (Fsp3) is 0.429. The van der Waals surface area contributed by atoms with Crippen molar-refractivity contribution in [3.8, 4) is 0 Å². The average molecular weight is 388 g/mol. The Morgan fingerprint density at radius 1 is 1.22 bits per heavy atom. The molecule has 4 rings (SSSR count). The van der Waals surface area contributed by atoms with Crippen molar-refractivity contribution < 1.29 is 9.18 Å². The highest BCUT2D eigenvalue weighted by molar-refractivity contribution is 6.30. The lowest BCUT2D eigenvalue weighted by Gasteiger charge is -2.42. The molecule has 142 valence electrons. The molecule has 2 atom stereocenters. The number of piperazine rings is 1. The van der Waals surface area contributed by atoms with E-state index in [1.54, 1.807) is 13.0 Å². The molecule has 2 aromatic rings. The van der Waals surface area contributed by atoms with Crippen LogP contribution in [-0.2, 0) is 17.6 Å². The number of aryl methyl sites for hydroxylation is 2. The Morgan fingerprint density at radius 3 is 2.78 bits per heavy atom. The summed E-state index contributed by atoms with van der Waals surface area (Å²) in [6.45, 7) is 3.91. The van der Waals surface area contributed by atoms with Gasteiger partial charge in [0, 0.05) is 24.7 Å². The Kier molecular flexibility index (Phi) is 5.01. The number of halogens is 2. The number of rotatable bonds is 2. The summed E-state index contributed by atoms with van der Waals surface area (Å²) in [6, 6.07) is 7.34. The van der Waals surface area contributed by atoms with Gasteiger partial charge in [0.15, 0.2) is 0 Å². The van der Waals surface area contributed by atoms with Gasteiger partial charge in [0.05, 0.1) is 24.0 Å². The van der Waals surface area contributed by atoms with E-state index in [0.717, 1.165) is 42.8 Å². The molecule has 0 bridgehead atoms. The van der Waals surface area contributed by atoms with Gasteiger partial charge in [-0.1, -0.05) is 17.7 Å². The SMILES string of the molecule is CC(=O)[C@H]1CN(C2c3ccc(Cl)cc3CCc3cc(F)cnc32)CCN1C. The summed E-state index contributed by atoms with van der Waals surface area (Å²) in [4.78, 5) is 21.1. The zero-order valence-electron chi connectivity index (χ0n) is 15.6. The van der Waals surface area contributed by atoms with Crippen molar-refractivity contribution in [2.45, 2.75) is 31.8 Å². The number of ketones is 1. The summed E-state index contributed by atoms with van der Waals surface area (Å²) in [5.41, 5.74) is 4.16. The minimum Gasteiger partial charge on any atom is -0.298 e. The Bertz CT molecular complexity index is 834. The third-order valence-corrected chi connectivity index (χ3v) is 6.04. The van der Waals surface area contributed by atoms with E-state index < -0.39 is 0 Å². The van der Waals surface area contributed by atoms with Crippen LogP contribution in [-0.4, -0.2) is 53.3 Å². The van der Waals surface area contributed by atoms with Crippen molar-refractivity contribution in [1.29, 1.82) is 0 Å². The topological polar surface area (TPSA) is 36.4 Å². The lowest BCUT2D eigenvalue weighted by Crippen LogP contribution is -2.55. The van der Waals surface area contributed by atoms with E-state index in [1.165, 1.54) is 11.8 Å². The molecule has 6 heteroatoms. The summed E-state index contributed by atoms with van der Waals surface area (Å²) in [6.07, 6.45) is 2.83. The van der Waals surface area contributed by atoms with E-state index in [-0.39, 0.29) is 23.7 Å². The predicted octanol–water partition coefficient (Wildman–Crippen LogP) is 3.27. The molecule has 4 nitrogen and oxygen atoms in total. The van der Waals surface area contributed by atoms with Gasteiger partial charge in [-0.2, -0.15) is 0 Å². The molecular weight excluding hydrogens is 365 g/mol. The smallest absolute Gasteiger partial charge is 0.148 e. The first kappa shape index (κ1) is 18.5. The number of likely N-dealkylation sites (N-methyl/N-ethyl adjacent to an activating group) is 1. The molecule has 27 heavy (non-hydrogen) atoms. The summed E-state index contributed by atoms with van der Waals surface area (Å²) in [7, 11) is 1.99. The van der Waals surface area contributed by atoms with Crippen LogP contribution in [0.15, 0.2) is 30.5 Å². The largest absolute Gasteiger partial charge is 0.298 e. The molecule has 1 aromatic heterocycles. The zero-order valence-corrected chi connectivity index (χ0v) is 16.3. The standard InChI is InChI=1S/C21H23ClFN3O/c1-13(27)19-12-26(8-7-25(19)2)21-18-6-5-16(22)9-14(18)3-4-15-10-17(23)11-24-20(15)21/h5-6,9-11,19,21H,3-4,7-8,12H2,1-2H3/t19-,21?/m1/s1. The maximum absolute atomic E-state index is 13.9. The van der Waals surface area contributed by atoms with Crippen molar-refractivity contribution in [2.75, 3.05) is 26.7 Å². The van der Waals surface area contributed by atoms with Crippen molar-refractivity contribution >= 4 is 17.4 Å². The van der Waals surface area contributed by atoms with E-state index in [4.69, 9.17) is 11.6 Å². The first-order valence-corrected chi connectivity index (χ1v) is 9.69. The van der Waals surface area contributed by atoms with Crippen LogP contribution in [0.4, 0.5) is 4.39 Å². The number of aromatic nitrogens is 1. The van der Waals surface area contributed by atoms with E-state index in [2.05, 4.69) is 20.9 Å². The van der Waals surface area contributed by atoms with E-state index in [9.17, 15) is 9.18 Å². The van der Waals surface area contributed by atoms with Gasteiger partial charge in [0.1, 0.15) is 11.6 Å². The third kappa shape index (κ3) is 3.51. The summed E-state index contributed by atoms with van der Waals surface area (Å²) in [5.74, 6) is -0.143. The summed E-state index contributed by atoms with van der Waals surface area (Å²) >= 11 is 6.24. The van der Waals surface area contributed by atoms with Crippen molar-refractivity contribution in [3.63, 3.8) is 0 Å². The normalized spacial score (nSPS) is 23.4. The quantitative estimate of drug-likeness (QED) is 0.792. The highest BCUT2D eigenvalue weighted by Crippen LogP contribution is 2.37. The van der Waals surface area contributed by atoms with Gasteiger partial charge in [-0.05, 0) is 61.7 Å². The van der Waals surface area contributed by atoms with E-state index in [0.29, 0.717) is 11.6 Å². The maximum Gasteiger partial charge on any atom is 0.148 e. The summed E-state index contributed by atoms with van der Waals surface area (Å²) < 4.78 is 13.9. The predicted molar refractivity (Wildman–Crippen MR) is 104 cm³/mol. The molecule has 0 spiro atoms. The number of nitrogens with zero attached hydrogens (tertiary/aromatic N) is 3. The van der Waals surface area contributed by atoms with Crippen LogP contribution in [0.2, 0.25) is 5.02 Å². The van der Waals surface area contributed by atoms with Gasteiger partial charge < -0.3 is 0 Å². The summed E-state index contributed by atoms with van der Waals surface area (Å²) in [5, 5.41) is 0.706. The molecule has 0 amide bonds. The molecule has 0 saturated carbocycles. The molecule has 0 radical (unpaired) electrons. The van der Waals surface area contributed by atoms with Crippen LogP contribution < -0.4 is 0 Å². The molecule has 2 aliphatic rings. The molecule has 1 aliphatic heterocycles. The van der Waals surface area contributed by atoms with Gasteiger partial charge in [0.25, 0.3) is 0 Å². The number of pyridine rings is 1. The molecule has 1 aromatic carbocycles. The third-order valence-electron chi connectivity index (χ3n) is 5.80. The zero-order chi connectivity index (χ0) is 19.1. The number of hydrogen-bond donors (Lipinski definition) is 0.